The molecule has 0 fully saturated rings. The lowest BCUT2D eigenvalue weighted by Gasteiger charge is -2.04. The van der Waals surface area contributed by atoms with Gasteiger partial charge in [0, 0.05) is 17.7 Å². The first-order valence-electron chi connectivity index (χ1n) is 4.22. The first-order chi connectivity index (χ1) is 6.39. The maximum absolute atomic E-state index is 11.2. The summed E-state index contributed by atoms with van der Waals surface area (Å²) in [5, 5.41) is 1.15. The van der Waals surface area contributed by atoms with E-state index in [4.69, 9.17) is 0 Å². The van der Waals surface area contributed by atoms with Gasteiger partial charge in [-0.15, -0.1) is 11.8 Å². The predicted molar refractivity (Wildman–Crippen MR) is 58.3 cm³/mol. The van der Waals surface area contributed by atoms with Gasteiger partial charge in [-0.3, -0.25) is 0 Å². The molecule has 0 N–H and O–H groups in total. The number of hydrogen-bond donors (Lipinski definition) is 0. The van der Waals surface area contributed by atoms with Crippen LogP contribution >= 0.6 is 11.8 Å². The van der Waals surface area contributed by atoms with E-state index in [1.807, 2.05) is 13.8 Å². The van der Waals surface area contributed by atoms with Gasteiger partial charge in [0.15, 0.2) is 9.84 Å². The Morgan fingerprint density at radius 3 is 2.57 bits per heavy atom. The molecule has 3 nitrogen and oxygen atoms in total. The van der Waals surface area contributed by atoms with Crippen LogP contribution in [0, 0.1) is 0 Å². The highest BCUT2D eigenvalue weighted by Gasteiger charge is 2.08. The van der Waals surface area contributed by atoms with Crippen LogP contribution in [0.2, 0.25) is 0 Å². The van der Waals surface area contributed by atoms with Crippen LogP contribution in [-0.2, 0) is 9.84 Å². The van der Waals surface area contributed by atoms with Gasteiger partial charge in [-0.2, -0.15) is 0 Å². The average Bonchev–Trinajstić information content (AvgIpc) is 2.01. The molecular weight excluding hydrogens is 218 g/mol. The topological polar surface area (TPSA) is 47.0 Å². The Hall–Kier alpha value is -0.550. The summed E-state index contributed by atoms with van der Waals surface area (Å²) < 4.78 is 22.5. The van der Waals surface area contributed by atoms with Crippen molar-refractivity contribution in [3.05, 3.63) is 18.3 Å². The molecular formula is C9H13NO2S2. The van der Waals surface area contributed by atoms with Crippen LogP contribution in [0.15, 0.2) is 28.3 Å². The lowest BCUT2D eigenvalue weighted by atomic mass is 10.5. The van der Waals surface area contributed by atoms with E-state index in [0.29, 0.717) is 10.1 Å². The highest BCUT2D eigenvalue weighted by atomic mass is 32.2. The van der Waals surface area contributed by atoms with Gasteiger partial charge < -0.3 is 0 Å². The lowest BCUT2D eigenvalue weighted by Crippen LogP contribution is -1.98. The van der Waals surface area contributed by atoms with Crippen LogP contribution in [0.3, 0.4) is 0 Å². The number of hydrogen-bond acceptors (Lipinski definition) is 4. The van der Waals surface area contributed by atoms with Crippen LogP contribution in [0.1, 0.15) is 13.8 Å². The summed E-state index contributed by atoms with van der Waals surface area (Å²) in [5.41, 5.74) is 0. The van der Waals surface area contributed by atoms with Crippen molar-refractivity contribution in [2.75, 3.05) is 6.26 Å². The number of sulfone groups is 1. The maximum Gasteiger partial charge on any atom is 0.175 e. The van der Waals surface area contributed by atoms with Crippen LogP contribution in [0.4, 0.5) is 0 Å². The van der Waals surface area contributed by atoms with E-state index in [0.717, 1.165) is 5.03 Å². The third-order valence-electron chi connectivity index (χ3n) is 1.49. The molecule has 0 atom stereocenters. The molecule has 14 heavy (non-hydrogen) atoms. The second kappa shape index (κ2) is 4.31. The number of rotatable bonds is 3. The van der Waals surface area contributed by atoms with Gasteiger partial charge >= 0.3 is 0 Å². The van der Waals surface area contributed by atoms with Gasteiger partial charge in [-0.1, -0.05) is 13.8 Å². The summed E-state index contributed by atoms with van der Waals surface area (Å²) in [6.07, 6.45) is 2.73. The van der Waals surface area contributed by atoms with E-state index in [9.17, 15) is 8.42 Å². The molecule has 0 aliphatic rings. The van der Waals surface area contributed by atoms with Crippen molar-refractivity contribution in [3.63, 3.8) is 0 Å². The molecule has 1 aromatic heterocycles. The Kier molecular flexibility index (Phi) is 3.55. The second-order valence-electron chi connectivity index (χ2n) is 3.27. The summed E-state index contributed by atoms with van der Waals surface area (Å²) in [4.78, 5) is 4.42. The Morgan fingerprint density at radius 2 is 2.07 bits per heavy atom. The van der Waals surface area contributed by atoms with Gasteiger partial charge in [-0.25, -0.2) is 13.4 Å². The Balaban J connectivity index is 3.02. The molecule has 1 heterocycles. The van der Waals surface area contributed by atoms with Crippen molar-refractivity contribution in [1.82, 2.24) is 4.98 Å². The van der Waals surface area contributed by atoms with Crippen molar-refractivity contribution in [1.29, 1.82) is 0 Å². The SMILES string of the molecule is CC(C)Sc1cc(S(C)(=O)=O)ccn1. The van der Waals surface area contributed by atoms with E-state index < -0.39 is 9.84 Å². The quantitative estimate of drug-likeness (QED) is 0.746. The normalized spacial score (nSPS) is 12.0. The number of nitrogens with zero attached hydrogens (tertiary/aromatic N) is 1. The molecule has 78 valence electrons. The summed E-state index contributed by atoms with van der Waals surface area (Å²) in [7, 11) is -3.11. The second-order valence-corrected chi connectivity index (χ2v) is 6.88. The highest BCUT2D eigenvalue weighted by molar-refractivity contribution is 7.99. The van der Waals surface area contributed by atoms with Gasteiger partial charge in [0.05, 0.1) is 9.92 Å². The summed E-state index contributed by atoms with van der Waals surface area (Å²) in [6.45, 7) is 4.08. The zero-order valence-electron chi connectivity index (χ0n) is 8.39. The van der Waals surface area contributed by atoms with Gasteiger partial charge in [-0.05, 0) is 12.1 Å². The van der Waals surface area contributed by atoms with Crippen molar-refractivity contribution in [2.45, 2.75) is 29.0 Å². The van der Waals surface area contributed by atoms with Crippen LogP contribution in [0.5, 0.6) is 0 Å². The fraction of sp³-hybridized carbons (Fsp3) is 0.444. The largest absolute Gasteiger partial charge is 0.250 e. The molecule has 1 rings (SSSR count). The molecule has 0 aliphatic heterocycles. The van der Waals surface area contributed by atoms with Crippen molar-refractivity contribution >= 4 is 21.6 Å². The van der Waals surface area contributed by atoms with E-state index in [1.165, 1.54) is 18.5 Å². The highest BCUT2D eigenvalue weighted by Crippen LogP contribution is 2.22. The van der Waals surface area contributed by atoms with Crippen molar-refractivity contribution in [2.24, 2.45) is 0 Å². The lowest BCUT2D eigenvalue weighted by molar-refractivity contribution is 0.601. The van der Waals surface area contributed by atoms with Crippen molar-refractivity contribution in [3.8, 4) is 0 Å². The maximum atomic E-state index is 11.2. The molecule has 0 saturated heterocycles. The Labute approximate surface area is 88.9 Å². The molecule has 0 spiro atoms. The predicted octanol–water partition coefficient (Wildman–Crippen LogP) is 1.99. The van der Waals surface area contributed by atoms with Gasteiger partial charge in [0.1, 0.15) is 0 Å². The molecule has 0 amide bonds. The fourth-order valence-electron chi connectivity index (χ4n) is 0.928. The van der Waals surface area contributed by atoms with E-state index in [2.05, 4.69) is 4.98 Å². The molecule has 1 aromatic rings. The standard InChI is InChI=1S/C9H13NO2S2/c1-7(2)13-9-6-8(4-5-10-9)14(3,11)12/h4-7H,1-3H3. The molecule has 0 unspecified atom stereocenters. The monoisotopic (exact) mass is 231 g/mol. The third-order valence-corrected chi connectivity index (χ3v) is 3.54. The molecule has 0 radical (unpaired) electrons. The minimum absolute atomic E-state index is 0.329. The Bertz CT molecular complexity index is 413. The molecule has 0 aliphatic carbocycles. The van der Waals surface area contributed by atoms with Crippen molar-refractivity contribution < 1.29 is 8.42 Å². The zero-order valence-corrected chi connectivity index (χ0v) is 10.0. The molecule has 0 saturated carbocycles. The molecule has 0 aromatic carbocycles. The minimum atomic E-state index is -3.11. The van der Waals surface area contributed by atoms with Gasteiger partial charge in [0.25, 0.3) is 0 Å². The summed E-state index contributed by atoms with van der Waals surface area (Å²) in [6, 6.07) is 3.12. The van der Waals surface area contributed by atoms with Gasteiger partial charge in [0.2, 0.25) is 0 Å². The van der Waals surface area contributed by atoms with Crippen LogP contribution in [-0.4, -0.2) is 24.9 Å². The van der Waals surface area contributed by atoms with Crippen LogP contribution < -0.4 is 0 Å². The first-order valence-corrected chi connectivity index (χ1v) is 6.99. The van der Waals surface area contributed by atoms with E-state index in [1.54, 1.807) is 17.8 Å². The summed E-state index contributed by atoms with van der Waals surface area (Å²) >= 11 is 1.55. The third kappa shape index (κ3) is 3.31. The van der Waals surface area contributed by atoms with E-state index >= 15 is 0 Å². The van der Waals surface area contributed by atoms with Crippen LogP contribution in [0.25, 0.3) is 0 Å². The molecule has 0 bridgehead atoms. The smallest absolute Gasteiger partial charge is 0.175 e. The number of thioether (sulfide) groups is 1. The fourth-order valence-corrected chi connectivity index (χ4v) is 2.44. The minimum Gasteiger partial charge on any atom is -0.250 e. The molecule has 5 heteroatoms. The zero-order chi connectivity index (χ0) is 10.8. The average molecular weight is 231 g/mol. The number of aromatic nitrogens is 1. The first kappa shape index (κ1) is 11.5. The number of pyridine rings is 1. The van der Waals surface area contributed by atoms with E-state index in [-0.39, 0.29) is 0 Å². The summed E-state index contributed by atoms with van der Waals surface area (Å²) in [5.74, 6) is 0. The Morgan fingerprint density at radius 1 is 1.43 bits per heavy atom.